The highest BCUT2D eigenvalue weighted by Gasteiger charge is 2.15. The van der Waals surface area contributed by atoms with E-state index in [0.29, 0.717) is 11.3 Å². The third-order valence-corrected chi connectivity index (χ3v) is 3.27. The number of amides is 1. The molecular weight excluding hydrogens is 301 g/mol. The molecule has 2 rings (SSSR count). The van der Waals surface area contributed by atoms with E-state index >= 15 is 0 Å². The second-order valence-corrected chi connectivity index (χ2v) is 5.13. The first-order valence-electron chi connectivity index (χ1n) is 6.87. The van der Waals surface area contributed by atoms with Gasteiger partial charge >= 0.3 is 0 Å². The molecule has 0 saturated heterocycles. The second kappa shape index (κ2) is 6.87. The summed E-state index contributed by atoms with van der Waals surface area (Å²) < 4.78 is 13.7. The molecule has 23 heavy (non-hydrogen) atoms. The first-order chi connectivity index (χ1) is 10.9. The van der Waals surface area contributed by atoms with Crippen molar-refractivity contribution in [3.63, 3.8) is 0 Å². The number of hydrogen-bond acceptors (Lipinski definition) is 4. The summed E-state index contributed by atoms with van der Waals surface area (Å²) >= 11 is 0. The van der Waals surface area contributed by atoms with Gasteiger partial charge in [-0.1, -0.05) is 18.2 Å². The molecule has 0 heterocycles. The Morgan fingerprint density at radius 2 is 1.96 bits per heavy atom. The summed E-state index contributed by atoms with van der Waals surface area (Å²) in [5, 5.41) is 13.9. The summed E-state index contributed by atoms with van der Waals surface area (Å²) in [6.45, 7) is 0.193. The summed E-state index contributed by atoms with van der Waals surface area (Å²) in [5.74, 6) is -1.06. The zero-order valence-electron chi connectivity index (χ0n) is 12.7. The first kappa shape index (κ1) is 16.4. The molecule has 0 atom stereocenters. The summed E-state index contributed by atoms with van der Waals surface area (Å²) in [7, 11) is 3.07. The lowest BCUT2D eigenvalue weighted by Gasteiger charge is -2.13. The minimum Gasteiger partial charge on any atom is -0.381 e. The van der Waals surface area contributed by atoms with Crippen LogP contribution in [0.3, 0.4) is 0 Å². The summed E-state index contributed by atoms with van der Waals surface area (Å²) in [6.07, 6.45) is 0. The van der Waals surface area contributed by atoms with Crippen LogP contribution in [0.5, 0.6) is 0 Å². The second-order valence-electron chi connectivity index (χ2n) is 5.13. The van der Waals surface area contributed by atoms with Crippen molar-refractivity contribution in [3.05, 3.63) is 69.5 Å². The Morgan fingerprint density at radius 3 is 2.61 bits per heavy atom. The molecule has 120 valence electrons. The van der Waals surface area contributed by atoms with Gasteiger partial charge in [0.05, 0.1) is 10.5 Å². The minimum absolute atomic E-state index is 0.00621. The fourth-order valence-corrected chi connectivity index (χ4v) is 2.08. The Bertz CT molecular complexity index is 747. The van der Waals surface area contributed by atoms with Gasteiger partial charge in [0.25, 0.3) is 11.6 Å². The maximum atomic E-state index is 13.7. The van der Waals surface area contributed by atoms with Crippen LogP contribution in [-0.4, -0.2) is 29.8 Å². The molecule has 1 N–H and O–H groups in total. The molecule has 6 nitrogen and oxygen atoms in total. The average Bonchev–Trinajstić information content (AvgIpc) is 2.53. The number of nitrogens with one attached hydrogen (secondary N) is 1. The number of rotatable bonds is 5. The van der Waals surface area contributed by atoms with E-state index in [2.05, 4.69) is 5.32 Å². The molecule has 0 unspecified atom stereocenters. The van der Waals surface area contributed by atoms with Gasteiger partial charge in [-0.15, -0.1) is 0 Å². The molecule has 0 bridgehead atoms. The highest BCUT2D eigenvalue weighted by Crippen LogP contribution is 2.21. The zero-order valence-corrected chi connectivity index (χ0v) is 12.7. The summed E-state index contributed by atoms with van der Waals surface area (Å²) in [6, 6.07) is 10.4. The number of carbonyl (C=O) groups is 1. The molecular formula is C16H16FN3O3. The van der Waals surface area contributed by atoms with Gasteiger partial charge in [-0.05, 0) is 18.2 Å². The quantitative estimate of drug-likeness (QED) is 0.679. The van der Waals surface area contributed by atoms with Gasteiger partial charge in [-0.3, -0.25) is 14.9 Å². The number of para-hydroxylation sites is 1. The van der Waals surface area contributed by atoms with E-state index in [1.807, 2.05) is 0 Å². The van der Waals surface area contributed by atoms with Crippen molar-refractivity contribution in [1.82, 2.24) is 4.90 Å². The number of nitrogens with zero attached hydrogens (tertiary/aromatic N) is 2. The number of benzene rings is 2. The molecule has 2 aromatic rings. The van der Waals surface area contributed by atoms with Crippen molar-refractivity contribution in [2.45, 2.75) is 6.54 Å². The third-order valence-electron chi connectivity index (χ3n) is 3.27. The van der Waals surface area contributed by atoms with E-state index in [4.69, 9.17) is 0 Å². The molecule has 0 aliphatic carbocycles. The maximum Gasteiger partial charge on any atom is 0.274 e. The lowest BCUT2D eigenvalue weighted by Crippen LogP contribution is -2.23. The molecule has 0 spiro atoms. The van der Waals surface area contributed by atoms with Gasteiger partial charge in [0.15, 0.2) is 0 Å². The SMILES string of the molecule is CN(C)C(=O)c1cc(NCc2ccccc2[N+](=O)[O-])ccc1F. The summed E-state index contributed by atoms with van der Waals surface area (Å²) in [5.41, 5.74) is 0.964. The Balaban J connectivity index is 2.21. The van der Waals surface area contributed by atoms with Crippen molar-refractivity contribution >= 4 is 17.3 Å². The largest absolute Gasteiger partial charge is 0.381 e. The molecule has 0 aliphatic heterocycles. The Morgan fingerprint density at radius 1 is 1.26 bits per heavy atom. The van der Waals surface area contributed by atoms with Gasteiger partial charge < -0.3 is 10.2 Å². The molecule has 0 radical (unpaired) electrons. The van der Waals surface area contributed by atoms with Crippen LogP contribution < -0.4 is 5.32 Å². The van der Waals surface area contributed by atoms with E-state index in [-0.39, 0.29) is 17.8 Å². The Hall–Kier alpha value is -2.96. The van der Waals surface area contributed by atoms with Crippen LogP contribution in [0.2, 0.25) is 0 Å². The molecule has 0 saturated carbocycles. The van der Waals surface area contributed by atoms with E-state index < -0.39 is 16.6 Å². The van der Waals surface area contributed by atoms with Crippen LogP contribution >= 0.6 is 0 Å². The van der Waals surface area contributed by atoms with Crippen LogP contribution in [0.1, 0.15) is 15.9 Å². The van der Waals surface area contributed by atoms with E-state index in [1.165, 1.54) is 43.3 Å². The number of nitro benzene ring substituents is 1. The summed E-state index contributed by atoms with van der Waals surface area (Å²) in [4.78, 5) is 23.7. The lowest BCUT2D eigenvalue weighted by molar-refractivity contribution is -0.385. The molecule has 0 fully saturated rings. The zero-order chi connectivity index (χ0) is 17.0. The van der Waals surface area contributed by atoms with Gasteiger partial charge in [0.2, 0.25) is 0 Å². The van der Waals surface area contributed by atoms with Crippen LogP contribution in [0.15, 0.2) is 42.5 Å². The third kappa shape index (κ3) is 3.82. The van der Waals surface area contributed by atoms with E-state index in [0.717, 1.165) is 0 Å². The van der Waals surface area contributed by atoms with Gasteiger partial charge in [-0.2, -0.15) is 0 Å². The van der Waals surface area contributed by atoms with Crippen LogP contribution in [0, 0.1) is 15.9 Å². The fourth-order valence-electron chi connectivity index (χ4n) is 2.08. The highest BCUT2D eigenvalue weighted by atomic mass is 19.1. The number of anilines is 1. The normalized spacial score (nSPS) is 10.2. The first-order valence-corrected chi connectivity index (χ1v) is 6.87. The average molecular weight is 317 g/mol. The molecule has 2 aromatic carbocycles. The molecule has 0 aliphatic rings. The maximum absolute atomic E-state index is 13.7. The topological polar surface area (TPSA) is 75.5 Å². The van der Waals surface area contributed by atoms with Crippen molar-refractivity contribution in [2.75, 3.05) is 19.4 Å². The van der Waals surface area contributed by atoms with Crippen molar-refractivity contribution < 1.29 is 14.1 Å². The lowest BCUT2D eigenvalue weighted by atomic mass is 10.1. The van der Waals surface area contributed by atoms with Crippen LogP contribution in [0.25, 0.3) is 0 Å². The standard InChI is InChI=1S/C16H16FN3O3/c1-19(2)16(21)13-9-12(7-8-14(13)17)18-10-11-5-3-4-6-15(11)20(22)23/h3-9,18H,10H2,1-2H3. The highest BCUT2D eigenvalue weighted by molar-refractivity contribution is 5.95. The number of halogens is 1. The van der Waals surface area contributed by atoms with E-state index in [1.54, 1.807) is 18.2 Å². The van der Waals surface area contributed by atoms with Gasteiger partial charge in [0.1, 0.15) is 5.82 Å². The van der Waals surface area contributed by atoms with Gasteiger partial charge in [-0.25, -0.2) is 4.39 Å². The number of nitro groups is 1. The molecule has 1 amide bonds. The van der Waals surface area contributed by atoms with Gasteiger partial charge in [0, 0.05) is 38.0 Å². The van der Waals surface area contributed by atoms with Crippen LogP contribution in [0.4, 0.5) is 15.8 Å². The number of hydrogen-bond donors (Lipinski definition) is 1. The Labute approximate surface area is 132 Å². The minimum atomic E-state index is -0.611. The van der Waals surface area contributed by atoms with Crippen molar-refractivity contribution in [3.8, 4) is 0 Å². The Kier molecular flexibility index (Phi) is 4.90. The van der Waals surface area contributed by atoms with Crippen molar-refractivity contribution in [1.29, 1.82) is 0 Å². The van der Waals surface area contributed by atoms with Crippen molar-refractivity contribution in [2.24, 2.45) is 0 Å². The monoisotopic (exact) mass is 317 g/mol. The predicted octanol–water partition coefficient (Wildman–Crippen LogP) is 3.05. The predicted molar refractivity (Wildman–Crippen MR) is 84.8 cm³/mol. The molecule has 7 heteroatoms. The molecule has 0 aromatic heterocycles. The fraction of sp³-hybridized carbons (Fsp3) is 0.188. The van der Waals surface area contributed by atoms with E-state index in [9.17, 15) is 19.3 Å². The number of carbonyl (C=O) groups excluding carboxylic acids is 1. The smallest absolute Gasteiger partial charge is 0.274 e. The van der Waals surface area contributed by atoms with Crippen LogP contribution in [-0.2, 0) is 6.54 Å².